The molecule has 6 nitrogen and oxygen atoms in total. The van der Waals surface area contributed by atoms with Gasteiger partial charge in [0.25, 0.3) is 5.91 Å². The van der Waals surface area contributed by atoms with Crippen LogP contribution in [0.2, 0.25) is 0 Å². The van der Waals surface area contributed by atoms with Crippen molar-refractivity contribution in [2.24, 2.45) is 10.9 Å². The zero-order valence-corrected chi connectivity index (χ0v) is 19.7. The van der Waals surface area contributed by atoms with Gasteiger partial charge in [-0.25, -0.2) is 0 Å². The second kappa shape index (κ2) is 13.1. The Morgan fingerprint density at radius 3 is 2.43 bits per heavy atom. The van der Waals surface area contributed by atoms with E-state index >= 15 is 0 Å². The first-order valence-electron chi connectivity index (χ1n) is 10.2. The zero-order chi connectivity index (χ0) is 20.3. The highest BCUT2D eigenvalue weighted by molar-refractivity contribution is 14.0. The number of nitrogens with zero attached hydrogens (tertiary/aromatic N) is 1. The summed E-state index contributed by atoms with van der Waals surface area (Å²) in [5.41, 5.74) is 1.80. The number of amides is 1. The molecular weight excluding hydrogens is 491 g/mol. The van der Waals surface area contributed by atoms with Crippen molar-refractivity contribution in [3.8, 4) is 5.75 Å². The Kier molecular flexibility index (Phi) is 10.5. The number of rotatable bonds is 10. The number of nitrogens with one attached hydrogen (secondary N) is 3. The molecule has 162 valence electrons. The van der Waals surface area contributed by atoms with Crippen LogP contribution in [0.5, 0.6) is 5.75 Å². The molecule has 1 aliphatic rings. The summed E-state index contributed by atoms with van der Waals surface area (Å²) in [5, 5.41) is 9.53. The predicted molar refractivity (Wildman–Crippen MR) is 132 cm³/mol. The number of hydrogen-bond donors (Lipinski definition) is 3. The lowest BCUT2D eigenvalue weighted by Crippen LogP contribution is -2.38. The molecule has 0 heterocycles. The molecule has 7 heteroatoms. The summed E-state index contributed by atoms with van der Waals surface area (Å²) >= 11 is 0. The van der Waals surface area contributed by atoms with Gasteiger partial charge in [0.05, 0.1) is 6.61 Å². The number of halogens is 1. The van der Waals surface area contributed by atoms with Crippen LogP contribution in [-0.2, 0) is 6.54 Å². The third-order valence-corrected chi connectivity index (χ3v) is 4.78. The first kappa shape index (κ1) is 24.0. The van der Waals surface area contributed by atoms with Gasteiger partial charge >= 0.3 is 0 Å². The molecule has 0 atom stereocenters. The Bertz CT molecular complexity index is 810. The Balaban J connectivity index is 0.00000320. The van der Waals surface area contributed by atoms with Crippen molar-refractivity contribution in [3.05, 3.63) is 65.7 Å². The van der Waals surface area contributed by atoms with E-state index in [9.17, 15) is 4.79 Å². The van der Waals surface area contributed by atoms with Gasteiger partial charge in [-0.15, -0.1) is 24.0 Å². The largest absolute Gasteiger partial charge is 0.493 e. The van der Waals surface area contributed by atoms with E-state index in [1.54, 1.807) is 7.05 Å². The average Bonchev–Trinajstić information content (AvgIpc) is 3.60. The Morgan fingerprint density at radius 2 is 1.70 bits per heavy atom. The fourth-order valence-corrected chi connectivity index (χ4v) is 2.87. The highest BCUT2D eigenvalue weighted by Crippen LogP contribution is 2.30. The van der Waals surface area contributed by atoms with Crippen molar-refractivity contribution in [1.82, 2.24) is 16.0 Å². The molecule has 0 bridgehead atoms. The molecule has 3 N–H and O–H groups in total. The Hall–Kier alpha value is -2.29. The third-order valence-electron chi connectivity index (χ3n) is 4.78. The van der Waals surface area contributed by atoms with E-state index in [4.69, 9.17) is 4.74 Å². The number of carbonyl (C=O) groups is 1. The number of ether oxygens (including phenoxy) is 1. The van der Waals surface area contributed by atoms with Crippen LogP contribution in [0.25, 0.3) is 0 Å². The van der Waals surface area contributed by atoms with Gasteiger partial charge in [0.2, 0.25) is 0 Å². The van der Waals surface area contributed by atoms with Crippen LogP contribution in [0.1, 0.15) is 35.2 Å². The van der Waals surface area contributed by atoms with Crippen LogP contribution in [0, 0.1) is 5.92 Å². The number of aliphatic imine (C=N–C) groups is 1. The topological polar surface area (TPSA) is 74.8 Å². The maximum absolute atomic E-state index is 12.0. The van der Waals surface area contributed by atoms with Crippen LogP contribution >= 0.6 is 24.0 Å². The summed E-state index contributed by atoms with van der Waals surface area (Å²) in [6, 6.07) is 17.4. The van der Waals surface area contributed by atoms with E-state index in [1.165, 1.54) is 12.8 Å². The molecule has 30 heavy (non-hydrogen) atoms. The molecule has 0 unspecified atom stereocenters. The lowest BCUT2D eigenvalue weighted by atomic mass is 10.2. The number of benzene rings is 2. The van der Waals surface area contributed by atoms with Gasteiger partial charge in [0.1, 0.15) is 5.75 Å². The normalized spacial score (nSPS) is 13.2. The van der Waals surface area contributed by atoms with Gasteiger partial charge in [0, 0.05) is 37.8 Å². The van der Waals surface area contributed by atoms with Crippen LogP contribution in [0.15, 0.2) is 59.6 Å². The van der Waals surface area contributed by atoms with E-state index in [-0.39, 0.29) is 29.9 Å². The molecule has 0 spiro atoms. The maximum atomic E-state index is 12.0. The molecule has 0 aliphatic heterocycles. The fraction of sp³-hybridized carbons (Fsp3) is 0.391. The van der Waals surface area contributed by atoms with Crippen molar-refractivity contribution in [2.75, 3.05) is 26.7 Å². The summed E-state index contributed by atoms with van der Waals surface area (Å²) in [6.07, 6.45) is 3.37. The van der Waals surface area contributed by atoms with E-state index in [0.717, 1.165) is 36.2 Å². The molecule has 1 fully saturated rings. The third kappa shape index (κ3) is 8.22. The molecule has 0 aromatic heterocycles. The molecule has 1 amide bonds. The average molecular weight is 522 g/mol. The minimum absolute atomic E-state index is 0. The van der Waals surface area contributed by atoms with E-state index in [0.29, 0.717) is 25.2 Å². The van der Waals surface area contributed by atoms with Gasteiger partial charge in [0.15, 0.2) is 5.96 Å². The van der Waals surface area contributed by atoms with Crippen molar-refractivity contribution >= 4 is 35.8 Å². The highest BCUT2D eigenvalue weighted by atomic mass is 127. The van der Waals surface area contributed by atoms with Gasteiger partial charge in [-0.3, -0.25) is 9.79 Å². The second-order valence-corrected chi connectivity index (χ2v) is 7.19. The molecule has 2 aromatic carbocycles. The second-order valence-electron chi connectivity index (χ2n) is 7.19. The van der Waals surface area contributed by atoms with Gasteiger partial charge in [-0.05, 0) is 43.4 Å². The number of carbonyl (C=O) groups excluding carboxylic acids is 1. The minimum Gasteiger partial charge on any atom is -0.493 e. The molecule has 1 saturated carbocycles. The first-order valence-corrected chi connectivity index (χ1v) is 10.2. The smallest absolute Gasteiger partial charge is 0.251 e. The highest BCUT2D eigenvalue weighted by Gasteiger charge is 2.22. The standard InChI is InChI=1S/C23H30N4O2.HI/c1-24-23(26-15-7-14-25-22(28)19-8-3-2-4-9-19)27-16-20-10-5-6-11-21(20)29-17-18-12-13-18;/h2-6,8-11,18H,7,12-17H2,1H3,(H,25,28)(H2,24,26,27);1H. The molecule has 0 saturated heterocycles. The quantitative estimate of drug-likeness (QED) is 0.193. The van der Waals surface area contributed by atoms with Gasteiger partial charge in [-0.1, -0.05) is 36.4 Å². The van der Waals surface area contributed by atoms with E-state index in [2.05, 4.69) is 27.0 Å². The van der Waals surface area contributed by atoms with Crippen molar-refractivity contribution in [3.63, 3.8) is 0 Å². The summed E-state index contributed by atoms with van der Waals surface area (Å²) < 4.78 is 5.96. The zero-order valence-electron chi connectivity index (χ0n) is 17.4. The monoisotopic (exact) mass is 522 g/mol. The van der Waals surface area contributed by atoms with Gasteiger partial charge in [-0.2, -0.15) is 0 Å². The molecule has 3 rings (SSSR count). The number of para-hydroxylation sites is 1. The predicted octanol–water partition coefficient (Wildman–Crippen LogP) is 3.58. The van der Waals surface area contributed by atoms with Crippen molar-refractivity contribution in [1.29, 1.82) is 0 Å². The molecule has 0 radical (unpaired) electrons. The number of hydrogen-bond acceptors (Lipinski definition) is 3. The maximum Gasteiger partial charge on any atom is 0.251 e. The van der Waals surface area contributed by atoms with Crippen LogP contribution in [0.4, 0.5) is 0 Å². The summed E-state index contributed by atoms with van der Waals surface area (Å²) in [4.78, 5) is 16.3. The summed E-state index contributed by atoms with van der Waals surface area (Å²) in [5.74, 6) is 2.35. The molecule has 2 aromatic rings. The lowest BCUT2D eigenvalue weighted by Gasteiger charge is -2.15. The Morgan fingerprint density at radius 1 is 1.00 bits per heavy atom. The minimum atomic E-state index is -0.0455. The summed E-state index contributed by atoms with van der Waals surface area (Å²) in [6.45, 7) is 2.77. The van der Waals surface area contributed by atoms with Crippen LogP contribution in [0.3, 0.4) is 0 Å². The fourth-order valence-electron chi connectivity index (χ4n) is 2.87. The van der Waals surface area contributed by atoms with Crippen LogP contribution in [-0.4, -0.2) is 38.6 Å². The van der Waals surface area contributed by atoms with Crippen molar-refractivity contribution < 1.29 is 9.53 Å². The van der Waals surface area contributed by atoms with Gasteiger partial charge < -0.3 is 20.7 Å². The van der Waals surface area contributed by atoms with E-state index < -0.39 is 0 Å². The lowest BCUT2D eigenvalue weighted by molar-refractivity contribution is 0.0953. The van der Waals surface area contributed by atoms with E-state index in [1.807, 2.05) is 48.5 Å². The molecule has 1 aliphatic carbocycles. The SMILES string of the molecule is CN=C(NCCCNC(=O)c1ccccc1)NCc1ccccc1OCC1CC1.I. The van der Waals surface area contributed by atoms with Crippen LogP contribution < -0.4 is 20.7 Å². The summed E-state index contributed by atoms with van der Waals surface area (Å²) in [7, 11) is 1.75. The first-order chi connectivity index (χ1) is 14.3. The Labute approximate surface area is 195 Å². The number of guanidine groups is 1. The molecular formula is C23H31IN4O2. The van der Waals surface area contributed by atoms with Crippen molar-refractivity contribution in [2.45, 2.75) is 25.8 Å².